The molecule has 1 spiro atoms. The molecule has 98 valence electrons. The highest BCUT2D eigenvalue weighted by Gasteiger charge is 2.38. The van der Waals surface area contributed by atoms with E-state index in [1.54, 1.807) is 0 Å². The number of para-hydroxylation sites is 1. The fourth-order valence-electron chi connectivity index (χ4n) is 3.47. The molecule has 1 aromatic carbocycles. The van der Waals surface area contributed by atoms with Crippen molar-refractivity contribution in [3.63, 3.8) is 0 Å². The smallest absolute Gasteiger partial charge is 0.0702 e. The normalized spacial score (nSPS) is 27.0. The molecule has 0 bridgehead atoms. The molecule has 0 amide bonds. The minimum atomic E-state index is 0.197. The molecule has 1 aromatic rings. The maximum absolute atomic E-state index is 6.13. The number of anilines is 1. The van der Waals surface area contributed by atoms with Gasteiger partial charge in [-0.05, 0) is 37.8 Å². The first-order chi connectivity index (χ1) is 8.86. The van der Waals surface area contributed by atoms with E-state index in [-0.39, 0.29) is 5.60 Å². The van der Waals surface area contributed by atoms with Gasteiger partial charge in [-0.3, -0.25) is 0 Å². The van der Waals surface area contributed by atoms with Gasteiger partial charge >= 0.3 is 0 Å². The van der Waals surface area contributed by atoms with Crippen LogP contribution in [0.1, 0.15) is 44.9 Å². The number of rotatable bonds is 2. The SMILES string of the molecule is c1ccc(NC2CCOC3(CCCCC3)C2)cc1. The monoisotopic (exact) mass is 245 g/mol. The molecule has 0 radical (unpaired) electrons. The quantitative estimate of drug-likeness (QED) is 0.851. The van der Waals surface area contributed by atoms with E-state index < -0.39 is 0 Å². The summed E-state index contributed by atoms with van der Waals surface area (Å²) in [6.45, 7) is 0.921. The molecule has 1 saturated heterocycles. The summed E-state index contributed by atoms with van der Waals surface area (Å²) >= 11 is 0. The van der Waals surface area contributed by atoms with E-state index in [0.717, 1.165) is 13.0 Å². The van der Waals surface area contributed by atoms with Crippen molar-refractivity contribution in [2.45, 2.75) is 56.6 Å². The van der Waals surface area contributed by atoms with E-state index in [0.29, 0.717) is 6.04 Å². The van der Waals surface area contributed by atoms with E-state index in [1.807, 2.05) is 0 Å². The van der Waals surface area contributed by atoms with Crippen LogP contribution >= 0.6 is 0 Å². The second-order valence-corrected chi connectivity index (χ2v) is 5.79. The topological polar surface area (TPSA) is 21.3 Å². The summed E-state index contributed by atoms with van der Waals surface area (Å²) in [6, 6.07) is 11.2. The zero-order chi connectivity index (χ0) is 12.3. The lowest BCUT2D eigenvalue weighted by Gasteiger charge is -2.43. The summed E-state index contributed by atoms with van der Waals surface area (Å²) < 4.78 is 6.13. The molecule has 1 heterocycles. The molecule has 1 atom stereocenters. The minimum absolute atomic E-state index is 0.197. The molecule has 2 fully saturated rings. The maximum Gasteiger partial charge on any atom is 0.0702 e. The highest BCUT2D eigenvalue weighted by molar-refractivity contribution is 5.43. The fraction of sp³-hybridized carbons (Fsp3) is 0.625. The molecular weight excluding hydrogens is 222 g/mol. The largest absolute Gasteiger partial charge is 0.382 e. The first-order valence-electron chi connectivity index (χ1n) is 7.32. The molecular formula is C16H23NO. The third-order valence-electron chi connectivity index (χ3n) is 4.40. The Labute approximate surface area is 110 Å². The van der Waals surface area contributed by atoms with E-state index >= 15 is 0 Å². The lowest BCUT2D eigenvalue weighted by Crippen LogP contribution is -2.45. The molecule has 0 aromatic heterocycles. The Morgan fingerprint density at radius 2 is 1.83 bits per heavy atom. The van der Waals surface area contributed by atoms with Crippen molar-refractivity contribution in [1.82, 2.24) is 0 Å². The average Bonchev–Trinajstić information content (AvgIpc) is 2.41. The first kappa shape index (κ1) is 12.0. The van der Waals surface area contributed by atoms with Crippen LogP contribution in [0.5, 0.6) is 0 Å². The average molecular weight is 245 g/mol. The van der Waals surface area contributed by atoms with Crippen molar-refractivity contribution >= 4 is 5.69 Å². The second kappa shape index (κ2) is 5.31. The van der Waals surface area contributed by atoms with Crippen molar-refractivity contribution in [1.29, 1.82) is 0 Å². The summed E-state index contributed by atoms with van der Waals surface area (Å²) in [5.41, 5.74) is 1.44. The molecule has 3 rings (SSSR count). The van der Waals surface area contributed by atoms with Crippen molar-refractivity contribution in [3.8, 4) is 0 Å². The van der Waals surface area contributed by atoms with Crippen LogP contribution in [0.2, 0.25) is 0 Å². The predicted molar refractivity (Wildman–Crippen MR) is 74.9 cm³/mol. The van der Waals surface area contributed by atoms with Crippen molar-refractivity contribution in [3.05, 3.63) is 30.3 Å². The van der Waals surface area contributed by atoms with Gasteiger partial charge in [0.05, 0.1) is 5.60 Å². The Hall–Kier alpha value is -1.02. The van der Waals surface area contributed by atoms with E-state index in [1.165, 1.54) is 44.2 Å². The third kappa shape index (κ3) is 2.69. The van der Waals surface area contributed by atoms with Crippen LogP contribution in [0.4, 0.5) is 5.69 Å². The first-order valence-corrected chi connectivity index (χ1v) is 7.32. The van der Waals surface area contributed by atoms with Crippen LogP contribution in [-0.4, -0.2) is 18.2 Å². The number of nitrogens with one attached hydrogen (secondary N) is 1. The van der Waals surface area contributed by atoms with Gasteiger partial charge in [0, 0.05) is 18.3 Å². The number of ether oxygens (including phenoxy) is 1. The lowest BCUT2D eigenvalue weighted by molar-refractivity contribution is -0.103. The molecule has 1 aliphatic heterocycles. The lowest BCUT2D eigenvalue weighted by atomic mass is 9.78. The van der Waals surface area contributed by atoms with Gasteiger partial charge in [0.2, 0.25) is 0 Å². The van der Waals surface area contributed by atoms with Gasteiger partial charge in [0.15, 0.2) is 0 Å². The van der Waals surface area contributed by atoms with Crippen LogP contribution in [0, 0.1) is 0 Å². The van der Waals surface area contributed by atoms with Gasteiger partial charge in [-0.15, -0.1) is 0 Å². The molecule has 1 aliphatic carbocycles. The zero-order valence-corrected chi connectivity index (χ0v) is 11.0. The number of hydrogen-bond donors (Lipinski definition) is 1. The van der Waals surface area contributed by atoms with Crippen LogP contribution < -0.4 is 5.32 Å². The molecule has 1 N–H and O–H groups in total. The maximum atomic E-state index is 6.13. The Morgan fingerprint density at radius 3 is 2.61 bits per heavy atom. The summed E-state index contributed by atoms with van der Waals surface area (Å²) in [6.07, 6.45) is 8.93. The van der Waals surface area contributed by atoms with E-state index in [4.69, 9.17) is 4.74 Å². The fourth-order valence-corrected chi connectivity index (χ4v) is 3.47. The van der Waals surface area contributed by atoms with Gasteiger partial charge in [0.1, 0.15) is 0 Å². The van der Waals surface area contributed by atoms with Crippen LogP contribution in [0.15, 0.2) is 30.3 Å². The highest BCUT2D eigenvalue weighted by atomic mass is 16.5. The molecule has 1 saturated carbocycles. The van der Waals surface area contributed by atoms with Crippen LogP contribution in [0.25, 0.3) is 0 Å². The minimum Gasteiger partial charge on any atom is -0.382 e. The predicted octanol–water partition coefficient (Wildman–Crippen LogP) is 3.98. The summed E-state index contributed by atoms with van der Waals surface area (Å²) in [7, 11) is 0. The Bertz CT molecular complexity index is 364. The Morgan fingerprint density at radius 1 is 1.06 bits per heavy atom. The number of benzene rings is 1. The zero-order valence-electron chi connectivity index (χ0n) is 11.0. The van der Waals surface area contributed by atoms with Gasteiger partial charge < -0.3 is 10.1 Å². The Kier molecular flexibility index (Phi) is 3.55. The van der Waals surface area contributed by atoms with Gasteiger partial charge in [-0.2, -0.15) is 0 Å². The van der Waals surface area contributed by atoms with Crippen LogP contribution in [-0.2, 0) is 4.74 Å². The second-order valence-electron chi connectivity index (χ2n) is 5.79. The van der Waals surface area contributed by atoms with Gasteiger partial charge in [-0.1, -0.05) is 37.5 Å². The summed E-state index contributed by atoms with van der Waals surface area (Å²) in [5.74, 6) is 0. The molecule has 1 unspecified atom stereocenters. The van der Waals surface area contributed by atoms with Crippen molar-refractivity contribution < 1.29 is 4.74 Å². The third-order valence-corrected chi connectivity index (χ3v) is 4.40. The molecule has 18 heavy (non-hydrogen) atoms. The van der Waals surface area contributed by atoms with Crippen molar-refractivity contribution in [2.75, 3.05) is 11.9 Å². The van der Waals surface area contributed by atoms with Crippen molar-refractivity contribution in [2.24, 2.45) is 0 Å². The molecule has 2 aliphatic rings. The number of hydrogen-bond acceptors (Lipinski definition) is 2. The summed E-state index contributed by atoms with van der Waals surface area (Å²) in [5, 5.41) is 3.67. The summed E-state index contributed by atoms with van der Waals surface area (Å²) in [4.78, 5) is 0. The standard InChI is InChI=1S/C16H23NO/c1-3-7-14(8-4-1)17-15-9-12-18-16(13-15)10-5-2-6-11-16/h1,3-4,7-8,15,17H,2,5-6,9-13H2. The van der Waals surface area contributed by atoms with Gasteiger partial charge in [0.25, 0.3) is 0 Å². The Balaban J connectivity index is 1.63. The highest BCUT2D eigenvalue weighted by Crippen LogP contribution is 2.39. The van der Waals surface area contributed by atoms with E-state index in [2.05, 4.69) is 35.6 Å². The van der Waals surface area contributed by atoms with E-state index in [9.17, 15) is 0 Å². The van der Waals surface area contributed by atoms with Gasteiger partial charge in [-0.25, -0.2) is 0 Å². The van der Waals surface area contributed by atoms with Crippen LogP contribution in [0.3, 0.4) is 0 Å². The molecule has 2 nitrogen and oxygen atoms in total. The molecule has 2 heteroatoms.